The van der Waals surface area contributed by atoms with Crippen molar-refractivity contribution in [3.05, 3.63) is 74.4 Å². The molecule has 0 aliphatic carbocycles. The molecule has 2 unspecified atom stereocenters. The number of rotatable bonds is 5. The van der Waals surface area contributed by atoms with Crippen LogP contribution in [0, 0.1) is 40.6 Å². The van der Waals surface area contributed by atoms with Gasteiger partial charge >= 0.3 is 0 Å². The first-order valence-electron chi connectivity index (χ1n) is 14.4. The zero-order chi connectivity index (χ0) is 33.8. The van der Waals surface area contributed by atoms with Gasteiger partial charge in [0.2, 0.25) is 11.7 Å². The van der Waals surface area contributed by atoms with E-state index in [1.165, 1.54) is 16.7 Å². The molecule has 1 N–H and O–H groups in total. The maximum absolute atomic E-state index is 15.4. The highest BCUT2D eigenvalue weighted by molar-refractivity contribution is 6.37. The summed E-state index contributed by atoms with van der Waals surface area (Å²) in [5.74, 6) is -7.56. The molecule has 4 heterocycles. The minimum absolute atomic E-state index is 0.0594. The summed E-state index contributed by atoms with van der Waals surface area (Å²) >= 11 is 12.7. The van der Waals surface area contributed by atoms with Crippen LogP contribution in [-0.4, -0.2) is 56.9 Å². The number of carbonyl (C=O) groups is 1. The van der Waals surface area contributed by atoms with Gasteiger partial charge in [-0.2, -0.15) is 9.65 Å². The molecule has 46 heavy (non-hydrogen) atoms. The highest BCUT2D eigenvalue weighted by Crippen LogP contribution is 2.44. The molecule has 1 saturated heterocycles. The van der Waals surface area contributed by atoms with Crippen molar-refractivity contribution in [2.75, 3.05) is 24.5 Å². The molecule has 3 atom stereocenters. The van der Waals surface area contributed by atoms with E-state index in [4.69, 9.17) is 23.2 Å². The van der Waals surface area contributed by atoms with Crippen molar-refractivity contribution in [1.29, 1.82) is 5.26 Å². The van der Waals surface area contributed by atoms with Crippen molar-refractivity contribution in [3.63, 3.8) is 0 Å². The number of anilines is 1. The van der Waals surface area contributed by atoms with Crippen molar-refractivity contribution in [2.24, 2.45) is 16.8 Å². The third kappa shape index (κ3) is 5.21. The SMILES string of the molecule is C=CC(=O)N1CCN(c2c(C#N)c(=O)n(C3C(C(C)C)=NC=CC3C)c3nc(-c4c(F)c(O)c(F)c(F)c4Cl)c(Cl)cc23)C[C@H]1C. The van der Waals surface area contributed by atoms with E-state index in [-0.39, 0.29) is 70.7 Å². The molecule has 3 aromatic rings. The topological polar surface area (TPSA) is 115 Å². The Labute approximate surface area is 272 Å². The predicted octanol–water partition coefficient (Wildman–Crippen LogP) is 6.39. The van der Waals surface area contributed by atoms with Crippen LogP contribution in [0.1, 0.15) is 39.3 Å². The molecule has 1 amide bonds. The lowest BCUT2D eigenvalue weighted by Crippen LogP contribution is -2.54. The van der Waals surface area contributed by atoms with Crippen LogP contribution < -0.4 is 10.5 Å². The fourth-order valence-corrected chi connectivity index (χ4v) is 6.66. The molecule has 1 aromatic carbocycles. The van der Waals surface area contributed by atoms with Gasteiger partial charge < -0.3 is 14.9 Å². The number of piperazine rings is 1. The lowest BCUT2D eigenvalue weighted by molar-refractivity contribution is -0.128. The molecule has 2 aliphatic heterocycles. The van der Waals surface area contributed by atoms with Crippen molar-refractivity contribution < 1.29 is 23.1 Å². The molecule has 0 bridgehead atoms. The number of aromatic nitrogens is 2. The van der Waals surface area contributed by atoms with Gasteiger partial charge in [-0.05, 0) is 25.0 Å². The van der Waals surface area contributed by atoms with Crippen LogP contribution in [0.15, 0.2) is 40.8 Å². The zero-order valence-corrected chi connectivity index (χ0v) is 26.8. The second-order valence-electron chi connectivity index (χ2n) is 11.6. The van der Waals surface area contributed by atoms with Crippen LogP contribution in [0.4, 0.5) is 18.9 Å². The molecule has 2 aromatic heterocycles. The van der Waals surface area contributed by atoms with Crippen molar-refractivity contribution >= 4 is 51.5 Å². The van der Waals surface area contributed by atoms with E-state index in [2.05, 4.69) is 22.6 Å². The Balaban J connectivity index is 1.89. The Morgan fingerprint density at radius 3 is 2.50 bits per heavy atom. The second kappa shape index (κ2) is 12.5. The van der Waals surface area contributed by atoms with Gasteiger partial charge in [-0.1, -0.05) is 56.6 Å². The number of hydrogen-bond acceptors (Lipinski definition) is 7. The standard InChI is InChI=1S/C32H29Cl2F3N6O3/c1-6-20(44)42-10-9-41(13-16(42)5)29-17-11-19(33)27(21-22(34)24(36)25(37)30(45)23(21)35)40-31(17)43(32(46)18(29)12-38)28-15(4)7-8-39-26(28)14(2)3/h6-8,11,14-16,28,45H,1,9-10,13H2,2-5H3/t15?,16-,28?/m1/s1. The largest absolute Gasteiger partial charge is 0.503 e. The molecular formula is C32H29Cl2F3N6O3. The van der Waals surface area contributed by atoms with Crippen molar-refractivity contribution in [3.8, 4) is 23.1 Å². The molecule has 9 nitrogen and oxygen atoms in total. The van der Waals surface area contributed by atoms with Crippen LogP contribution in [0.5, 0.6) is 5.75 Å². The summed E-state index contributed by atoms with van der Waals surface area (Å²) in [7, 11) is 0. The molecule has 0 saturated carbocycles. The second-order valence-corrected chi connectivity index (χ2v) is 12.4. The average molecular weight is 674 g/mol. The van der Waals surface area contributed by atoms with Gasteiger partial charge in [-0.3, -0.25) is 19.1 Å². The summed E-state index contributed by atoms with van der Waals surface area (Å²) in [5.41, 5.74) is -1.47. The number of fused-ring (bicyclic) bond motifs is 1. The molecule has 1 fully saturated rings. The molecule has 14 heteroatoms. The maximum atomic E-state index is 15.4. The minimum atomic E-state index is -1.88. The number of amides is 1. The smallest absolute Gasteiger partial charge is 0.272 e. The lowest BCUT2D eigenvalue weighted by Gasteiger charge is -2.41. The number of hydrogen-bond donors (Lipinski definition) is 1. The minimum Gasteiger partial charge on any atom is -0.503 e. The van der Waals surface area contributed by atoms with E-state index in [0.717, 1.165) is 0 Å². The number of benzene rings is 1. The number of phenolic OH excluding ortho intramolecular Hbond substituents is 1. The van der Waals surface area contributed by atoms with Gasteiger partial charge in [-0.25, -0.2) is 13.8 Å². The molecular weight excluding hydrogens is 644 g/mol. The van der Waals surface area contributed by atoms with Crippen molar-refractivity contribution in [2.45, 2.75) is 39.8 Å². The highest BCUT2D eigenvalue weighted by Gasteiger charge is 2.36. The number of halogens is 5. The van der Waals surface area contributed by atoms with Crippen LogP contribution >= 0.6 is 23.2 Å². The Hall–Kier alpha value is -4.34. The first-order valence-corrected chi connectivity index (χ1v) is 15.2. The number of allylic oxidation sites excluding steroid dienone is 1. The van der Waals surface area contributed by atoms with Crippen LogP contribution in [0.3, 0.4) is 0 Å². The molecule has 240 valence electrons. The summed E-state index contributed by atoms with van der Waals surface area (Å²) in [4.78, 5) is 39.4. The fourth-order valence-electron chi connectivity index (χ4n) is 6.16. The summed E-state index contributed by atoms with van der Waals surface area (Å²) in [6.45, 7) is 11.7. The number of phenols is 1. The van der Waals surface area contributed by atoms with Gasteiger partial charge in [0.15, 0.2) is 17.4 Å². The van der Waals surface area contributed by atoms with E-state index in [1.807, 2.05) is 27.7 Å². The first kappa shape index (κ1) is 33.0. The molecule has 2 aliphatic rings. The molecule has 0 radical (unpaired) electrons. The third-order valence-electron chi connectivity index (χ3n) is 8.38. The van der Waals surface area contributed by atoms with E-state index in [0.29, 0.717) is 5.71 Å². The van der Waals surface area contributed by atoms with Gasteiger partial charge in [0, 0.05) is 48.9 Å². The lowest BCUT2D eigenvalue weighted by atomic mass is 9.88. The van der Waals surface area contributed by atoms with E-state index >= 15 is 4.39 Å². The van der Waals surface area contributed by atoms with Gasteiger partial charge in [0.1, 0.15) is 17.3 Å². The quantitative estimate of drug-likeness (QED) is 0.191. The normalized spacial score (nSPS) is 19.8. The number of carbonyl (C=O) groups excluding carboxylic acids is 1. The maximum Gasteiger partial charge on any atom is 0.272 e. The van der Waals surface area contributed by atoms with Gasteiger partial charge in [0.05, 0.1) is 33.0 Å². The number of aromatic hydroxyl groups is 1. The summed E-state index contributed by atoms with van der Waals surface area (Å²) in [6, 6.07) is 2.31. The van der Waals surface area contributed by atoms with E-state index < -0.39 is 51.1 Å². The zero-order valence-electron chi connectivity index (χ0n) is 25.3. The van der Waals surface area contributed by atoms with Gasteiger partial charge in [0.25, 0.3) is 5.56 Å². The van der Waals surface area contributed by atoms with Crippen molar-refractivity contribution in [1.82, 2.24) is 14.5 Å². The monoisotopic (exact) mass is 672 g/mol. The molecule has 0 spiro atoms. The number of aliphatic imine (C=N–C) groups is 1. The Bertz CT molecular complexity index is 1940. The summed E-state index contributed by atoms with van der Waals surface area (Å²) < 4.78 is 45.5. The van der Waals surface area contributed by atoms with E-state index in [9.17, 15) is 28.7 Å². The van der Waals surface area contributed by atoms with Crippen LogP contribution in [-0.2, 0) is 4.79 Å². The highest BCUT2D eigenvalue weighted by atomic mass is 35.5. The number of pyridine rings is 2. The predicted molar refractivity (Wildman–Crippen MR) is 171 cm³/mol. The Morgan fingerprint density at radius 2 is 1.89 bits per heavy atom. The summed E-state index contributed by atoms with van der Waals surface area (Å²) in [5, 5.41) is 19.4. The van der Waals surface area contributed by atoms with E-state index in [1.54, 1.807) is 22.1 Å². The Morgan fingerprint density at radius 1 is 1.20 bits per heavy atom. The molecule has 5 rings (SSSR count). The third-order valence-corrected chi connectivity index (χ3v) is 9.03. The summed E-state index contributed by atoms with van der Waals surface area (Å²) in [6.07, 6.45) is 4.62. The van der Waals surface area contributed by atoms with Crippen LogP contribution in [0.2, 0.25) is 10.0 Å². The first-order chi connectivity index (χ1) is 21.7. The fraction of sp³-hybridized carbons (Fsp3) is 0.344. The Kier molecular flexibility index (Phi) is 8.94. The number of nitrogens with zero attached hydrogens (tertiary/aromatic N) is 6. The van der Waals surface area contributed by atoms with Gasteiger partial charge in [-0.15, -0.1) is 0 Å². The average Bonchev–Trinajstić information content (AvgIpc) is 3.02. The number of nitriles is 1. The van der Waals surface area contributed by atoms with Crippen LogP contribution in [0.25, 0.3) is 22.3 Å².